The summed E-state index contributed by atoms with van der Waals surface area (Å²) in [7, 11) is 0. The first-order valence-corrected chi connectivity index (χ1v) is 8.48. The van der Waals surface area contributed by atoms with Gasteiger partial charge < -0.3 is 20.1 Å². The number of thioether (sulfide) groups is 1. The van der Waals surface area contributed by atoms with E-state index in [2.05, 4.69) is 9.89 Å². The number of fused-ring (bicyclic) bond motifs is 1. The Morgan fingerprint density at radius 2 is 2.00 bits per heavy atom. The number of hydrogen-bond acceptors (Lipinski definition) is 4. The molecule has 8 heteroatoms. The Labute approximate surface area is 156 Å². The number of nitrogens with two attached hydrogens (primary N) is 1. The van der Waals surface area contributed by atoms with Crippen LogP contribution in [0, 0.1) is 0 Å². The Hall–Kier alpha value is -0.540. The van der Waals surface area contributed by atoms with Gasteiger partial charge in [0.05, 0.1) is 11.6 Å². The van der Waals surface area contributed by atoms with Crippen LogP contribution in [0.25, 0.3) is 0 Å². The van der Waals surface area contributed by atoms with E-state index in [0.717, 1.165) is 30.2 Å². The van der Waals surface area contributed by atoms with Crippen molar-refractivity contribution < 1.29 is 9.47 Å². The molecule has 1 aromatic carbocycles. The van der Waals surface area contributed by atoms with E-state index in [-0.39, 0.29) is 24.0 Å². The summed E-state index contributed by atoms with van der Waals surface area (Å²) < 4.78 is 11.1. The molecule has 2 heterocycles. The van der Waals surface area contributed by atoms with Gasteiger partial charge in [0.1, 0.15) is 13.2 Å². The summed E-state index contributed by atoms with van der Waals surface area (Å²) in [4.78, 5) is 6.59. The molecule has 0 aliphatic carbocycles. The molecule has 3 rings (SSSR count). The molecule has 0 saturated carbocycles. The van der Waals surface area contributed by atoms with E-state index in [4.69, 9.17) is 26.8 Å². The minimum atomic E-state index is 0. The van der Waals surface area contributed by atoms with Gasteiger partial charge in [0.2, 0.25) is 0 Å². The van der Waals surface area contributed by atoms with Crippen molar-refractivity contribution in [2.45, 2.75) is 6.54 Å². The van der Waals surface area contributed by atoms with Crippen molar-refractivity contribution in [2.75, 3.05) is 37.8 Å². The molecular weight excluding hydrogens is 437 g/mol. The van der Waals surface area contributed by atoms with Gasteiger partial charge in [-0.05, 0) is 17.7 Å². The van der Waals surface area contributed by atoms with Crippen LogP contribution in [0.1, 0.15) is 5.56 Å². The fraction of sp³-hybridized carbons (Fsp3) is 0.500. The van der Waals surface area contributed by atoms with E-state index in [1.165, 1.54) is 0 Å². The lowest BCUT2D eigenvalue weighted by Crippen LogP contribution is -2.42. The van der Waals surface area contributed by atoms with E-state index in [0.29, 0.717) is 42.2 Å². The van der Waals surface area contributed by atoms with E-state index >= 15 is 0 Å². The van der Waals surface area contributed by atoms with Crippen LogP contribution in [-0.4, -0.2) is 48.7 Å². The van der Waals surface area contributed by atoms with Crippen molar-refractivity contribution in [1.82, 2.24) is 4.90 Å². The minimum absolute atomic E-state index is 0. The van der Waals surface area contributed by atoms with Crippen LogP contribution in [0.2, 0.25) is 5.02 Å². The number of benzene rings is 1. The standard InChI is InChI=1S/C14H18ClN3O2S.HI/c15-11-7-10(8-12-13(11)20-4-3-19-12)9-17-14(16)18-1-5-21-6-2-18;/h7-8H,1-6,9H2,(H2,16,17);1H. The predicted octanol–water partition coefficient (Wildman–Crippen LogP) is 2.59. The lowest BCUT2D eigenvalue weighted by molar-refractivity contribution is 0.171. The third-order valence-electron chi connectivity index (χ3n) is 3.42. The zero-order chi connectivity index (χ0) is 14.7. The maximum Gasteiger partial charge on any atom is 0.191 e. The molecule has 1 aromatic rings. The highest BCUT2D eigenvalue weighted by Crippen LogP contribution is 2.38. The fourth-order valence-corrected chi connectivity index (χ4v) is 3.51. The lowest BCUT2D eigenvalue weighted by atomic mass is 10.2. The molecule has 2 aliphatic heterocycles. The van der Waals surface area contributed by atoms with Crippen molar-refractivity contribution in [2.24, 2.45) is 10.7 Å². The van der Waals surface area contributed by atoms with Gasteiger partial charge in [-0.15, -0.1) is 24.0 Å². The molecule has 0 atom stereocenters. The Bertz CT molecular complexity index is 553. The molecule has 22 heavy (non-hydrogen) atoms. The van der Waals surface area contributed by atoms with Crippen LogP contribution < -0.4 is 15.2 Å². The Morgan fingerprint density at radius 1 is 1.27 bits per heavy atom. The molecule has 5 nitrogen and oxygen atoms in total. The van der Waals surface area contributed by atoms with Crippen LogP contribution in [0.5, 0.6) is 11.5 Å². The largest absolute Gasteiger partial charge is 0.486 e. The van der Waals surface area contributed by atoms with Crippen LogP contribution >= 0.6 is 47.3 Å². The molecule has 2 N–H and O–H groups in total. The zero-order valence-electron chi connectivity index (χ0n) is 12.1. The second-order valence-corrected chi connectivity index (χ2v) is 6.51. The van der Waals surface area contributed by atoms with Gasteiger partial charge in [-0.2, -0.15) is 11.8 Å². The molecule has 122 valence electrons. The summed E-state index contributed by atoms with van der Waals surface area (Å²) in [5.41, 5.74) is 7.02. The summed E-state index contributed by atoms with van der Waals surface area (Å²) in [6.07, 6.45) is 0. The van der Waals surface area contributed by atoms with Crippen molar-refractivity contribution in [1.29, 1.82) is 0 Å². The topological polar surface area (TPSA) is 60.1 Å². The highest BCUT2D eigenvalue weighted by molar-refractivity contribution is 14.0. The SMILES string of the molecule is I.NC(=NCc1cc(Cl)c2c(c1)OCCO2)N1CCSCC1. The van der Waals surface area contributed by atoms with Gasteiger partial charge in [-0.3, -0.25) is 0 Å². The lowest BCUT2D eigenvalue weighted by Gasteiger charge is -2.27. The van der Waals surface area contributed by atoms with Gasteiger partial charge >= 0.3 is 0 Å². The van der Waals surface area contributed by atoms with Crippen LogP contribution in [-0.2, 0) is 6.54 Å². The molecule has 0 amide bonds. The molecule has 0 radical (unpaired) electrons. The van der Waals surface area contributed by atoms with E-state index < -0.39 is 0 Å². The smallest absolute Gasteiger partial charge is 0.191 e. The van der Waals surface area contributed by atoms with Gasteiger partial charge in [0.15, 0.2) is 17.5 Å². The van der Waals surface area contributed by atoms with Crippen molar-refractivity contribution in [3.63, 3.8) is 0 Å². The predicted molar refractivity (Wildman–Crippen MR) is 102 cm³/mol. The number of ether oxygens (including phenoxy) is 2. The highest BCUT2D eigenvalue weighted by Gasteiger charge is 2.17. The molecule has 0 bridgehead atoms. The average Bonchev–Trinajstić information content (AvgIpc) is 2.53. The molecule has 0 aromatic heterocycles. The molecule has 1 fully saturated rings. The van der Waals surface area contributed by atoms with E-state index in [1.807, 2.05) is 23.9 Å². The average molecular weight is 456 g/mol. The highest BCUT2D eigenvalue weighted by atomic mass is 127. The van der Waals surface area contributed by atoms with Crippen LogP contribution in [0.4, 0.5) is 0 Å². The Morgan fingerprint density at radius 3 is 2.77 bits per heavy atom. The number of guanidine groups is 1. The molecule has 1 saturated heterocycles. The van der Waals surface area contributed by atoms with Gasteiger partial charge in [0.25, 0.3) is 0 Å². The molecule has 2 aliphatic rings. The van der Waals surface area contributed by atoms with E-state index in [9.17, 15) is 0 Å². The summed E-state index contributed by atoms with van der Waals surface area (Å²) in [6, 6.07) is 3.78. The first-order valence-electron chi connectivity index (χ1n) is 6.94. The van der Waals surface area contributed by atoms with Crippen molar-refractivity contribution in [3.8, 4) is 11.5 Å². The van der Waals surface area contributed by atoms with Crippen LogP contribution in [0.3, 0.4) is 0 Å². The first kappa shape index (κ1) is 17.8. The summed E-state index contributed by atoms with van der Waals surface area (Å²) in [5, 5.41) is 0.561. The normalized spacial score (nSPS) is 17.9. The van der Waals surface area contributed by atoms with Gasteiger partial charge in [-0.25, -0.2) is 4.99 Å². The second kappa shape index (κ2) is 8.35. The van der Waals surface area contributed by atoms with Crippen LogP contribution in [0.15, 0.2) is 17.1 Å². The number of hydrogen-bond donors (Lipinski definition) is 1. The fourth-order valence-electron chi connectivity index (χ4n) is 2.32. The van der Waals surface area contributed by atoms with E-state index in [1.54, 1.807) is 0 Å². The zero-order valence-corrected chi connectivity index (χ0v) is 16.0. The second-order valence-electron chi connectivity index (χ2n) is 4.88. The Balaban J connectivity index is 0.00000176. The monoisotopic (exact) mass is 455 g/mol. The molecule has 0 unspecified atom stereocenters. The molecular formula is C14H19ClIN3O2S. The first-order chi connectivity index (χ1) is 10.2. The number of halogens is 2. The van der Waals surface area contributed by atoms with Crippen molar-refractivity contribution >= 4 is 53.3 Å². The summed E-state index contributed by atoms with van der Waals surface area (Å²) >= 11 is 8.16. The summed E-state index contributed by atoms with van der Waals surface area (Å²) in [6.45, 7) is 3.49. The van der Waals surface area contributed by atoms with Gasteiger partial charge in [0, 0.05) is 24.6 Å². The van der Waals surface area contributed by atoms with Crippen molar-refractivity contribution in [3.05, 3.63) is 22.7 Å². The maximum absolute atomic E-state index is 6.21. The number of aliphatic imine (C=N–C) groups is 1. The number of nitrogens with zero attached hydrogens (tertiary/aromatic N) is 2. The third kappa shape index (κ3) is 4.26. The summed E-state index contributed by atoms with van der Waals surface area (Å²) in [5.74, 6) is 4.11. The van der Waals surface area contributed by atoms with Gasteiger partial charge in [-0.1, -0.05) is 11.6 Å². The Kier molecular flexibility index (Phi) is 6.76. The quantitative estimate of drug-likeness (QED) is 0.422. The minimum Gasteiger partial charge on any atom is -0.486 e. The number of rotatable bonds is 2. The molecule has 0 spiro atoms. The third-order valence-corrected chi connectivity index (χ3v) is 4.64. The maximum atomic E-state index is 6.21.